The molecule has 1 aromatic carbocycles. The zero-order valence-electron chi connectivity index (χ0n) is 8.44. The number of hydrogen-bond acceptors (Lipinski definition) is 2. The summed E-state index contributed by atoms with van der Waals surface area (Å²) in [5.74, 6) is 1.58. The first-order valence-corrected chi connectivity index (χ1v) is 5.17. The second-order valence-electron chi connectivity index (χ2n) is 3.97. The summed E-state index contributed by atoms with van der Waals surface area (Å²) in [5, 5.41) is 9.51. The highest BCUT2D eigenvalue weighted by molar-refractivity contribution is 5.34. The number of aliphatic hydroxyl groups is 1. The molecule has 0 amide bonds. The van der Waals surface area contributed by atoms with Gasteiger partial charge in [-0.1, -0.05) is 18.2 Å². The minimum absolute atomic E-state index is 0.453. The van der Waals surface area contributed by atoms with E-state index in [4.69, 9.17) is 4.74 Å². The average molecular weight is 192 g/mol. The van der Waals surface area contributed by atoms with E-state index in [2.05, 4.69) is 0 Å². The van der Waals surface area contributed by atoms with Crippen LogP contribution in [0.2, 0.25) is 0 Å². The SMILES string of the molecule is C[C@@H](O)c1ccccc1OCC1CC1. The van der Waals surface area contributed by atoms with Crippen molar-refractivity contribution in [1.82, 2.24) is 0 Å². The molecule has 1 aromatic rings. The standard InChI is InChI=1S/C12H16O2/c1-9(13)11-4-2-3-5-12(11)14-8-10-6-7-10/h2-5,9-10,13H,6-8H2,1H3/t9-/m1/s1. The van der Waals surface area contributed by atoms with Crippen LogP contribution in [0.4, 0.5) is 0 Å². The summed E-state index contributed by atoms with van der Waals surface area (Å²) >= 11 is 0. The van der Waals surface area contributed by atoms with Gasteiger partial charge >= 0.3 is 0 Å². The van der Waals surface area contributed by atoms with Crippen LogP contribution in [0.3, 0.4) is 0 Å². The largest absolute Gasteiger partial charge is 0.493 e. The molecule has 1 aliphatic carbocycles. The van der Waals surface area contributed by atoms with Gasteiger partial charge in [0.2, 0.25) is 0 Å². The Bertz CT molecular complexity index is 303. The molecule has 14 heavy (non-hydrogen) atoms. The van der Waals surface area contributed by atoms with Crippen LogP contribution >= 0.6 is 0 Å². The van der Waals surface area contributed by atoms with Crippen molar-refractivity contribution >= 4 is 0 Å². The van der Waals surface area contributed by atoms with Crippen molar-refractivity contribution in [2.75, 3.05) is 6.61 Å². The maximum absolute atomic E-state index is 9.51. The molecule has 1 fully saturated rings. The first-order chi connectivity index (χ1) is 6.77. The van der Waals surface area contributed by atoms with Gasteiger partial charge in [-0.05, 0) is 31.7 Å². The minimum Gasteiger partial charge on any atom is -0.493 e. The molecule has 2 heteroatoms. The van der Waals surface area contributed by atoms with Gasteiger partial charge in [0.05, 0.1) is 12.7 Å². The van der Waals surface area contributed by atoms with E-state index in [1.54, 1.807) is 6.92 Å². The lowest BCUT2D eigenvalue weighted by Gasteiger charge is -2.12. The smallest absolute Gasteiger partial charge is 0.125 e. The molecule has 2 nitrogen and oxygen atoms in total. The molecule has 0 radical (unpaired) electrons. The van der Waals surface area contributed by atoms with E-state index in [0.29, 0.717) is 0 Å². The molecule has 1 N–H and O–H groups in total. The molecule has 0 heterocycles. The Kier molecular flexibility index (Phi) is 2.73. The summed E-state index contributed by atoms with van der Waals surface area (Å²) in [6, 6.07) is 7.69. The van der Waals surface area contributed by atoms with Gasteiger partial charge in [0.15, 0.2) is 0 Å². The van der Waals surface area contributed by atoms with Gasteiger partial charge in [0.25, 0.3) is 0 Å². The monoisotopic (exact) mass is 192 g/mol. The van der Waals surface area contributed by atoms with Crippen LogP contribution in [0, 0.1) is 5.92 Å². The average Bonchev–Trinajstić information content (AvgIpc) is 2.98. The van der Waals surface area contributed by atoms with Crippen molar-refractivity contribution in [2.45, 2.75) is 25.9 Å². The molecule has 1 aliphatic rings. The Morgan fingerprint density at radius 1 is 1.43 bits per heavy atom. The van der Waals surface area contributed by atoms with Gasteiger partial charge in [-0.25, -0.2) is 0 Å². The van der Waals surface area contributed by atoms with Crippen molar-refractivity contribution in [3.63, 3.8) is 0 Å². The quantitative estimate of drug-likeness (QED) is 0.794. The molecule has 1 atom stereocenters. The molecule has 2 rings (SSSR count). The fourth-order valence-electron chi connectivity index (χ4n) is 1.45. The molecule has 0 saturated heterocycles. The zero-order valence-corrected chi connectivity index (χ0v) is 8.44. The number of ether oxygens (including phenoxy) is 1. The predicted octanol–water partition coefficient (Wildman–Crippen LogP) is 2.53. The summed E-state index contributed by atoms with van der Waals surface area (Å²) in [7, 11) is 0. The lowest BCUT2D eigenvalue weighted by molar-refractivity contribution is 0.190. The van der Waals surface area contributed by atoms with Crippen LogP contribution in [0.25, 0.3) is 0 Å². The van der Waals surface area contributed by atoms with Crippen LogP contribution in [0.1, 0.15) is 31.4 Å². The van der Waals surface area contributed by atoms with E-state index in [-0.39, 0.29) is 0 Å². The summed E-state index contributed by atoms with van der Waals surface area (Å²) < 4.78 is 5.66. The third kappa shape index (κ3) is 2.26. The molecule has 0 unspecified atom stereocenters. The summed E-state index contributed by atoms with van der Waals surface area (Å²) in [4.78, 5) is 0. The molecule has 0 aliphatic heterocycles. The van der Waals surface area contributed by atoms with E-state index >= 15 is 0 Å². The van der Waals surface area contributed by atoms with E-state index in [0.717, 1.165) is 23.8 Å². The van der Waals surface area contributed by atoms with Gasteiger partial charge in [0.1, 0.15) is 5.75 Å². The second kappa shape index (κ2) is 4.01. The maximum Gasteiger partial charge on any atom is 0.125 e. The molecule has 0 bridgehead atoms. The maximum atomic E-state index is 9.51. The third-order valence-electron chi connectivity index (χ3n) is 2.54. The van der Waals surface area contributed by atoms with Crippen molar-refractivity contribution in [3.05, 3.63) is 29.8 Å². The van der Waals surface area contributed by atoms with Crippen LogP contribution in [-0.2, 0) is 0 Å². The highest BCUT2D eigenvalue weighted by Crippen LogP contribution is 2.31. The van der Waals surface area contributed by atoms with Gasteiger partial charge in [-0.2, -0.15) is 0 Å². The van der Waals surface area contributed by atoms with E-state index in [1.165, 1.54) is 12.8 Å². The van der Waals surface area contributed by atoms with Crippen molar-refractivity contribution < 1.29 is 9.84 Å². The highest BCUT2D eigenvalue weighted by Gasteiger charge is 2.22. The van der Waals surface area contributed by atoms with Gasteiger partial charge in [-0.15, -0.1) is 0 Å². The zero-order chi connectivity index (χ0) is 9.97. The molecular formula is C12H16O2. The summed E-state index contributed by atoms with van der Waals surface area (Å²) in [5.41, 5.74) is 0.883. The Balaban J connectivity index is 2.05. The lowest BCUT2D eigenvalue weighted by Crippen LogP contribution is -2.03. The van der Waals surface area contributed by atoms with Crippen LogP contribution in [0.15, 0.2) is 24.3 Å². The van der Waals surface area contributed by atoms with Crippen molar-refractivity contribution in [1.29, 1.82) is 0 Å². The lowest BCUT2D eigenvalue weighted by atomic mass is 10.1. The summed E-state index contributed by atoms with van der Waals surface area (Å²) in [6.07, 6.45) is 2.12. The first-order valence-electron chi connectivity index (χ1n) is 5.17. The van der Waals surface area contributed by atoms with Gasteiger partial charge in [0, 0.05) is 5.56 Å². The molecule has 0 aromatic heterocycles. The number of para-hydroxylation sites is 1. The highest BCUT2D eigenvalue weighted by atomic mass is 16.5. The number of hydrogen-bond donors (Lipinski definition) is 1. The van der Waals surface area contributed by atoms with Gasteiger partial charge in [-0.3, -0.25) is 0 Å². The van der Waals surface area contributed by atoms with E-state index < -0.39 is 6.10 Å². The predicted molar refractivity (Wildman–Crippen MR) is 55.3 cm³/mol. The fraction of sp³-hybridized carbons (Fsp3) is 0.500. The van der Waals surface area contributed by atoms with E-state index in [1.807, 2.05) is 24.3 Å². The Hall–Kier alpha value is -1.02. The third-order valence-corrected chi connectivity index (χ3v) is 2.54. The number of rotatable bonds is 4. The van der Waals surface area contributed by atoms with Crippen LogP contribution < -0.4 is 4.74 Å². The topological polar surface area (TPSA) is 29.5 Å². The normalized spacial score (nSPS) is 17.9. The first kappa shape index (κ1) is 9.53. The number of aliphatic hydroxyl groups excluding tert-OH is 1. The minimum atomic E-state index is -0.453. The Labute approximate surface area is 84.5 Å². The van der Waals surface area contributed by atoms with Crippen LogP contribution in [0.5, 0.6) is 5.75 Å². The Morgan fingerprint density at radius 2 is 2.14 bits per heavy atom. The van der Waals surface area contributed by atoms with Crippen molar-refractivity contribution in [2.24, 2.45) is 5.92 Å². The van der Waals surface area contributed by atoms with Gasteiger partial charge < -0.3 is 9.84 Å². The molecule has 0 spiro atoms. The van der Waals surface area contributed by atoms with Crippen LogP contribution in [-0.4, -0.2) is 11.7 Å². The molecular weight excluding hydrogens is 176 g/mol. The fourth-order valence-corrected chi connectivity index (χ4v) is 1.45. The molecule has 1 saturated carbocycles. The Morgan fingerprint density at radius 3 is 2.79 bits per heavy atom. The number of benzene rings is 1. The van der Waals surface area contributed by atoms with Crippen molar-refractivity contribution in [3.8, 4) is 5.75 Å². The van der Waals surface area contributed by atoms with E-state index in [9.17, 15) is 5.11 Å². The molecule has 76 valence electrons. The second-order valence-corrected chi connectivity index (χ2v) is 3.97. The summed E-state index contributed by atoms with van der Waals surface area (Å²) in [6.45, 7) is 2.56.